The van der Waals surface area contributed by atoms with Crippen LogP contribution in [0, 0.1) is 9.39 Å². The normalized spacial score (nSPS) is 10.6. The topological polar surface area (TPSA) is 17.1 Å². The maximum Gasteiger partial charge on any atom is 0.197 e. The van der Waals surface area contributed by atoms with E-state index in [0.717, 1.165) is 3.57 Å². The minimum absolute atomic E-state index is 0.0455. The van der Waals surface area contributed by atoms with Crippen LogP contribution in [0.15, 0.2) is 39.3 Å². The van der Waals surface area contributed by atoms with Crippen LogP contribution in [0.4, 0.5) is 4.39 Å². The molecule has 0 bridgehead atoms. The Morgan fingerprint density at radius 3 is 2.47 bits per heavy atom. The van der Waals surface area contributed by atoms with Crippen LogP contribution in [0.3, 0.4) is 0 Å². The molecular weight excluding hydrogens is 513 g/mol. The molecule has 0 aromatic heterocycles. The molecule has 0 spiro atoms. The van der Waals surface area contributed by atoms with Crippen molar-refractivity contribution >= 4 is 71.8 Å². The molecule has 0 fully saturated rings. The smallest absolute Gasteiger partial charge is 0.197 e. The molecule has 6 heteroatoms. The zero-order valence-corrected chi connectivity index (χ0v) is 15.3. The summed E-state index contributed by atoms with van der Waals surface area (Å²) in [6, 6.07) is 7.83. The van der Waals surface area contributed by atoms with Gasteiger partial charge in [-0.05, 0) is 68.9 Å². The summed E-state index contributed by atoms with van der Waals surface area (Å²) in [5, 5.41) is 0.298. The Kier molecular flexibility index (Phi) is 5.03. The van der Waals surface area contributed by atoms with Crippen LogP contribution in [0.25, 0.3) is 0 Å². The van der Waals surface area contributed by atoms with E-state index >= 15 is 0 Å². The van der Waals surface area contributed by atoms with E-state index in [0.29, 0.717) is 19.5 Å². The van der Waals surface area contributed by atoms with Gasteiger partial charge in [-0.15, -0.1) is 0 Å². The minimum Gasteiger partial charge on any atom is -0.288 e. The quantitative estimate of drug-likeness (QED) is 0.278. The summed E-state index contributed by atoms with van der Waals surface area (Å²) < 4.78 is 15.8. The SMILES string of the molecule is O=C(c1cc(Cl)c(Br)cc1F)c1cc(I)ccc1Br. The summed E-state index contributed by atoms with van der Waals surface area (Å²) in [5.41, 5.74) is 0.361. The molecule has 0 N–H and O–H groups in total. The van der Waals surface area contributed by atoms with Gasteiger partial charge in [0.05, 0.1) is 10.6 Å². The number of hydrogen-bond donors (Lipinski definition) is 0. The highest BCUT2D eigenvalue weighted by molar-refractivity contribution is 14.1. The largest absolute Gasteiger partial charge is 0.288 e. The van der Waals surface area contributed by atoms with Gasteiger partial charge in [0.2, 0.25) is 0 Å². The van der Waals surface area contributed by atoms with Crippen molar-refractivity contribution in [2.45, 2.75) is 0 Å². The molecule has 19 heavy (non-hydrogen) atoms. The lowest BCUT2D eigenvalue weighted by Gasteiger charge is -2.07. The molecule has 1 nitrogen and oxygen atoms in total. The second-order valence-electron chi connectivity index (χ2n) is 3.70. The lowest BCUT2D eigenvalue weighted by Crippen LogP contribution is -2.06. The van der Waals surface area contributed by atoms with Crippen molar-refractivity contribution in [3.63, 3.8) is 0 Å². The van der Waals surface area contributed by atoms with Gasteiger partial charge in [-0.1, -0.05) is 27.5 Å². The van der Waals surface area contributed by atoms with E-state index < -0.39 is 11.6 Å². The van der Waals surface area contributed by atoms with E-state index in [9.17, 15) is 9.18 Å². The number of hydrogen-bond acceptors (Lipinski definition) is 1. The predicted octanol–water partition coefficient (Wildman–Crippen LogP) is 5.84. The fourth-order valence-electron chi connectivity index (χ4n) is 1.51. The standard InChI is InChI=1S/C13H5Br2ClFIO/c14-9-2-1-6(18)3-7(9)13(19)8-4-11(16)10(15)5-12(8)17/h1-5H. The molecule has 98 valence electrons. The number of halogens is 5. The summed E-state index contributed by atoms with van der Waals surface area (Å²) in [4.78, 5) is 12.4. The molecule has 0 aliphatic carbocycles. The first kappa shape index (κ1) is 15.4. The third kappa shape index (κ3) is 3.37. The Morgan fingerprint density at radius 2 is 1.79 bits per heavy atom. The lowest BCUT2D eigenvalue weighted by atomic mass is 10.0. The van der Waals surface area contributed by atoms with Crippen molar-refractivity contribution in [1.29, 1.82) is 0 Å². The minimum atomic E-state index is -0.605. The van der Waals surface area contributed by atoms with Gasteiger partial charge in [-0.3, -0.25) is 4.79 Å². The molecular formula is C13H5Br2ClFIO. The van der Waals surface area contributed by atoms with Crippen LogP contribution in [-0.2, 0) is 0 Å². The van der Waals surface area contributed by atoms with E-state index in [2.05, 4.69) is 54.5 Å². The van der Waals surface area contributed by atoms with Crippen molar-refractivity contribution in [3.05, 3.63) is 64.8 Å². The lowest BCUT2D eigenvalue weighted by molar-refractivity contribution is 0.103. The molecule has 0 amide bonds. The number of carbonyl (C=O) groups excluding carboxylic acids is 1. The average molecular weight is 518 g/mol. The van der Waals surface area contributed by atoms with Gasteiger partial charge in [-0.25, -0.2) is 4.39 Å². The van der Waals surface area contributed by atoms with Gasteiger partial charge in [0.25, 0.3) is 0 Å². The highest BCUT2D eigenvalue weighted by Crippen LogP contribution is 2.29. The monoisotopic (exact) mass is 516 g/mol. The van der Waals surface area contributed by atoms with E-state index in [4.69, 9.17) is 11.6 Å². The number of rotatable bonds is 2. The molecule has 0 aliphatic heterocycles. The Hall–Kier alpha value is 0.0200. The average Bonchev–Trinajstić information content (AvgIpc) is 2.36. The van der Waals surface area contributed by atoms with Crippen molar-refractivity contribution in [2.75, 3.05) is 0 Å². The maximum absolute atomic E-state index is 13.9. The number of benzene rings is 2. The summed E-state index contributed by atoms with van der Waals surface area (Å²) in [6.45, 7) is 0. The van der Waals surface area contributed by atoms with Crippen LogP contribution >= 0.6 is 66.1 Å². The van der Waals surface area contributed by atoms with Crippen molar-refractivity contribution in [3.8, 4) is 0 Å². The Morgan fingerprint density at radius 1 is 1.11 bits per heavy atom. The molecule has 0 unspecified atom stereocenters. The highest BCUT2D eigenvalue weighted by Gasteiger charge is 2.18. The van der Waals surface area contributed by atoms with Gasteiger partial charge < -0.3 is 0 Å². The van der Waals surface area contributed by atoms with Gasteiger partial charge in [0.15, 0.2) is 5.78 Å². The van der Waals surface area contributed by atoms with Crippen LogP contribution in [-0.4, -0.2) is 5.78 Å². The molecule has 0 atom stereocenters. The second-order valence-corrected chi connectivity index (χ2v) is 7.06. The molecule has 2 rings (SSSR count). The van der Waals surface area contributed by atoms with E-state index in [1.807, 2.05) is 6.07 Å². The van der Waals surface area contributed by atoms with Gasteiger partial charge in [-0.2, -0.15) is 0 Å². The summed E-state index contributed by atoms with van der Waals surface area (Å²) in [5.74, 6) is -1.01. The first-order chi connectivity index (χ1) is 8.90. The third-order valence-corrected chi connectivity index (χ3v) is 4.99. The predicted molar refractivity (Wildman–Crippen MR) is 89.4 cm³/mol. The fourth-order valence-corrected chi connectivity index (χ4v) is 2.91. The third-order valence-electron chi connectivity index (χ3n) is 2.43. The van der Waals surface area contributed by atoms with E-state index in [1.165, 1.54) is 12.1 Å². The molecule has 0 saturated heterocycles. The molecule has 0 aliphatic rings. The first-order valence-corrected chi connectivity index (χ1v) is 8.08. The number of ketones is 1. The second kappa shape index (κ2) is 6.20. The van der Waals surface area contributed by atoms with E-state index in [1.54, 1.807) is 12.1 Å². The zero-order valence-electron chi connectivity index (χ0n) is 9.18. The molecule has 2 aromatic carbocycles. The fraction of sp³-hybridized carbons (Fsp3) is 0. The maximum atomic E-state index is 13.9. The van der Waals surface area contributed by atoms with Crippen LogP contribution in [0.5, 0.6) is 0 Å². The first-order valence-electron chi connectivity index (χ1n) is 5.04. The van der Waals surface area contributed by atoms with Gasteiger partial charge in [0.1, 0.15) is 5.82 Å². The Balaban J connectivity index is 2.56. The highest BCUT2D eigenvalue weighted by atomic mass is 127. The summed E-state index contributed by atoms with van der Waals surface area (Å²) in [7, 11) is 0. The van der Waals surface area contributed by atoms with E-state index in [-0.39, 0.29) is 5.56 Å². The van der Waals surface area contributed by atoms with Gasteiger partial charge in [0, 0.05) is 18.1 Å². The molecule has 0 saturated carbocycles. The molecule has 0 radical (unpaired) electrons. The van der Waals surface area contributed by atoms with Crippen molar-refractivity contribution < 1.29 is 9.18 Å². The zero-order chi connectivity index (χ0) is 14.2. The summed E-state index contributed by atoms with van der Waals surface area (Å²) in [6.07, 6.45) is 0. The molecule has 0 heterocycles. The molecule has 2 aromatic rings. The summed E-state index contributed by atoms with van der Waals surface area (Å²) >= 11 is 14.4. The van der Waals surface area contributed by atoms with Crippen molar-refractivity contribution in [2.24, 2.45) is 0 Å². The van der Waals surface area contributed by atoms with Crippen LogP contribution < -0.4 is 0 Å². The van der Waals surface area contributed by atoms with Gasteiger partial charge >= 0.3 is 0 Å². The number of carbonyl (C=O) groups is 1. The van der Waals surface area contributed by atoms with Crippen LogP contribution in [0.2, 0.25) is 5.02 Å². The van der Waals surface area contributed by atoms with Crippen molar-refractivity contribution in [1.82, 2.24) is 0 Å². The Bertz CT molecular complexity index is 676. The van der Waals surface area contributed by atoms with Crippen LogP contribution in [0.1, 0.15) is 15.9 Å². The Labute approximate surface area is 144 Å².